The number of benzene rings is 1. The van der Waals surface area contributed by atoms with Gasteiger partial charge in [0.25, 0.3) is 0 Å². The zero-order valence-corrected chi connectivity index (χ0v) is 25.3. The molecule has 3 heterocycles. The first-order chi connectivity index (χ1) is 19.8. The molecule has 3 atom stereocenters. The second kappa shape index (κ2) is 12.6. The highest BCUT2D eigenvalue weighted by molar-refractivity contribution is 7.92. The normalized spacial score (nSPS) is 21.0. The van der Waals surface area contributed by atoms with Crippen molar-refractivity contribution in [3.05, 3.63) is 77.5 Å². The van der Waals surface area contributed by atoms with Gasteiger partial charge in [0.05, 0.1) is 29.3 Å². The lowest BCUT2D eigenvalue weighted by molar-refractivity contribution is -0.264. The Balaban J connectivity index is 1.73. The molecule has 4 rings (SSSR count). The molecular weight excluding hydrogens is 563 g/mol. The zero-order chi connectivity index (χ0) is 30.7. The summed E-state index contributed by atoms with van der Waals surface area (Å²) >= 11 is 0. The topological polar surface area (TPSA) is 121 Å². The number of halogens is 1. The van der Waals surface area contributed by atoms with Gasteiger partial charge >= 0.3 is 5.97 Å². The first-order valence-corrected chi connectivity index (χ1v) is 15.3. The van der Waals surface area contributed by atoms with Crippen LogP contribution in [0.2, 0.25) is 0 Å². The highest BCUT2D eigenvalue weighted by Gasteiger charge is 2.39. The van der Waals surface area contributed by atoms with Crippen LogP contribution in [0.25, 0.3) is 17.3 Å². The average Bonchev–Trinajstić information content (AvgIpc) is 2.95. The van der Waals surface area contributed by atoms with Crippen molar-refractivity contribution in [3.8, 4) is 11.3 Å². The van der Waals surface area contributed by atoms with Gasteiger partial charge < -0.3 is 14.2 Å². The van der Waals surface area contributed by atoms with E-state index in [0.29, 0.717) is 40.9 Å². The van der Waals surface area contributed by atoms with Crippen LogP contribution in [0.4, 0.5) is 10.3 Å². The summed E-state index contributed by atoms with van der Waals surface area (Å²) in [6.07, 6.45) is 7.39. The Labute approximate surface area is 245 Å². The average molecular weight is 599 g/mol. The van der Waals surface area contributed by atoms with Crippen LogP contribution in [0.3, 0.4) is 0 Å². The number of pyridine rings is 1. The molecule has 0 saturated carbocycles. The fourth-order valence-electron chi connectivity index (χ4n) is 4.61. The number of esters is 1. The van der Waals surface area contributed by atoms with Gasteiger partial charge in [0.15, 0.2) is 5.79 Å². The molecule has 0 N–H and O–H groups in total. The Bertz CT molecular complexity index is 1550. The molecule has 10 nitrogen and oxygen atoms in total. The van der Waals surface area contributed by atoms with Gasteiger partial charge in [0.1, 0.15) is 11.9 Å². The zero-order valence-electron chi connectivity index (χ0n) is 24.4. The minimum atomic E-state index is -3.65. The molecule has 12 heteroatoms. The minimum absolute atomic E-state index is 0.000859. The summed E-state index contributed by atoms with van der Waals surface area (Å²) in [7, 11) is -0.737. The van der Waals surface area contributed by atoms with Crippen molar-refractivity contribution < 1.29 is 31.8 Å². The highest BCUT2D eigenvalue weighted by atomic mass is 32.2. The van der Waals surface area contributed by atoms with Crippen molar-refractivity contribution in [2.24, 2.45) is 0 Å². The molecular formula is C30H35FN4O6S. The van der Waals surface area contributed by atoms with E-state index in [4.69, 9.17) is 14.2 Å². The Morgan fingerprint density at radius 1 is 1.21 bits per heavy atom. The minimum Gasteiger partial charge on any atom is -0.458 e. The van der Waals surface area contributed by atoms with Crippen LogP contribution in [0, 0.1) is 5.82 Å². The smallest absolute Gasteiger partial charge is 0.339 e. The molecule has 224 valence electrons. The van der Waals surface area contributed by atoms with E-state index < -0.39 is 39.8 Å². The largest absolute Gasteiger partial charge is 0.458 e. The Kier molecular flexibility index (Phi) is 9.39. The molecule has 0 bridgehead atoms. The number of sulfonamides is 1. The van der Waals surface area contributed by atoms with E-state index in [0.717, 1.165) is 10.6 Å². The van der Waals surface area contributed by atoms with E-state index in [1.54, 1.807) is 37.4 Å². The fraction of sp³-hybridized carbons (Fsp3) is 0.400. The van der Waals surface area contributed by atoms with Crippen LogP contribution >= 0.6 is 0 Å². The van der Waals surface area contributed by atoms with E-state index in [-0.39, 0.29) is 11.9 Å². The lowest BCUT2D eigenvalue weighted by Crippen LogP contribution is -2.46. The molecule has 0 amide bonds. The third-order valence-corrected chi connectivity index (χ3v) is 8.14. The van der Waals surface area contributed by atoms with E-state index in [1.807, 2.05) is 26.0 Å². The van der Waals surface area contributed by atoms with Gasteiger partial charge in [-0.1, -0.05) is 26.0 Å². The number of rotatable bonds is 9. The van der Waals surface area contributed by atoms with Crippen molar-refractivity contribution in [3.63, 3.8) is 0 Å². The van der Waals surface area contributed by atoms with Gasteiger partial charge in [-0.2, -0.15) is 0 Å². The number of ether oxygens (including phenoxy) is 3. The number of methoxy groups -OCH3 is 1. The molecule has 42 heavy (non-hydrogen) atoms. The summed E-state index contributed by atoms with van der Waals surface area (Å²) < 4.78 is 57.1. The monoisotopic (exact) mass is 598 g/mol. The van der Waals surface area contributed by atoms with E-state index in [1.165, 1.54) is 32.5 Å². The van der Waals surface area contributed by atoms with Crippen LogP contribution < -0.4 is 4.31 Å². The second-order valence-corrected chi connectivity index (χ2v) is 12.6. The van der Waals surface area contributed by atoms with Gasteiger partial charge in [-0.05, 0) is 49.2 Å². The highest BCUT2D eigenvalue weighted by Crippen LogP contribution is 2.35. The molecule has 3 aromatic rings. The van der Waals surface area contributed by atoms with E-state index in [2.05, 4.69) is 15.0 Å². The molecule has 1 aromatic carbocycles. The fourth-order valence-corrected chi connectivity index (χ4v) is 4.99. The van der Waals surface area contributed by atoms with Crippen molar-refractivity contribution in [2.75, 3.05) is 24.7 Å². The standard InChI is InChI=1S/C30H35FN4O6S/c1-19(2)26-25(27(20-9-11-22(31)12-10-20)34-29(33-26)35(4)42(6,37)38)14-13-23-16-24(17-30(3,39-5)41-23)40-28(36)21-8-7-15-32-18-21/h7-15,18-19,23-24H,16-17H2,1-6H3. The van der Waals surface area contributed by atoms with Crippen LogP contribution in [0.1, 0.15) is 61.1 Å². The molecule has 3 unspecified atom stereocenters. The van der Waals surface area contributed by atoms with Gasteiger partial charge in [0.2, 0.25) is 16.0 Å². The number of anilines is 1. The van der Waals surface area contributed by atoms with Gasteiger partial charge in [0, 0.05) is 50.5 Å². The van der Waals surface area contributed by atoms with Gasteiger partial charge in [-0.25, -0.2) is 31.9 Å². The molecule has 0 radical (unpaired) electrons. The van der Waals surface area contributed by atoms with Crippen molar-refractivity contribution in [1.29, 1.82) is 0 Å². The summed E-state index contributed by atoms with van der Waals surface area (Å²) in [5.74, 6) is -2.05. The third-order valence-electron chi connectivity index (χ3n) is 6.98. The number of carbonyl (C=O) groups is 1. The summed E-state index contributed by atoms with van der Waals surface area (Å²) in [5.41, 5.74) is 2.57. The molecule has 1 fully saturated rings. The third kappa shape index (κ3) is 7.36. The molecule has 1 aliphatic rings. The van der Waals surface area contributed by atoms with Gasteiger partial charge in [-0.15, -0.1) is 0 Å². The summed E-state index contributed by atoms with van der Waals surface area (Å²) in [5, 5.41) is 0. The summed E-state index contributed by atoms with van der Waals surface area (Å²) in [6.45, 7) is 5.65. The first-order valence-electron chi connectivity index (χ1n) is 13.4. The molecule has 0 aliphatic carbocycles. The second-order valence-electron chi connectivity index (χ2n) is 10.6. The van der Waals surface area contributed by atoms with Crippen LogP contribution in [0.15, 0.2) is 54.9 Å². The van der Waals surface area contributed by atoms with E-state index in [9.17, 15) is 17.6 Å². The molecule has 2 aromatic heterocycles. The maximum atomic E-state index is 13.8. The van der Waals surface area contributed by atoms with Crippen molar-refractivity contribution >= 4 is 28.0 Å². The lowest BCUT2D eigenvalue weighted by atomic mass is 9.95. The Morgan fingerprint density at radius 3 is 2.52 bits per heavy atom. The number of hydrogen-bond donors (Lipinski definition) is 0. The van der Waals surface area contributed by atoms with Gasteiger partial charge in [-0.3, -0.25) is 4.98 Å². The molecule has 1 aliphatic heterocycles. The lowest BCUT2D eigenvalue weighted by Gasteiger charge is -2.40. The predicted octanol–water partition coefficient (Wildman–Crippen LogP) is 4.98. The number of aromatic nitrogens is 3. The number of nitrogens with zero attached hydrogens (tertiary/aromatic N) is 4. The quantitative estimate of drug-likeness (QED) is 0.314. The van der Waals surface area contributed by atoms with E-state index >= 15 is 0 Å². The summed E-state index contributed by atoms with van der Waals surface area (Å²) in [6, 6.07) is 9.09. The SMILES string of the molecule is COC1(C)CC(OC(=O)c2cccnc2)CC(C=Cc2c(-c3ccc(F)cc3)nc(N(C)S(C)(=O)=O)nc2C(C)C)O1. The maximum Gasteiger partial charge on any atom is 0.339 e. The molecule has 1 saturated heterocycles. The summed E-state index contributed by atoms with van der Waals surface area (Å²) in [4.78, 5) is 25.9. The number of hydrogen-bond acceptors (Lipinski definition) is 9. The number of carbonyl (C=O) groups excluding carboxylic acids is 1. The molecule has 0 spiro atoms. The van der Waals surface area contributed by atoms with Crippen LogP contribution in [-0.4, -0.2) is 67.7 Å². The van der Waals surface area contributed by atoms with Crippen LogP contribution in [-0.2, 0) is 24.2 Å². The Hall–Kier alpha value is -3.74. The van der Waals surface area contributed by atoms with Crippen molar-refractivity contribution in [1.82, 2.24) is 15.0 Å². The first kappa shape index (κ1) is 31.2. The van der Waals surface area contributed by atoms with Crippen LogP contribution in [0.5, 0.6) is 0 Å². The Morgan fingerprint density at radius 2 is 1.93 bits per heavy atom. The maximum absolute atomic E-state index is 13.8. The predicted molar refractivity (Wildman–Crippen MR) is 157 cm³/mol. The van der Waals surface area contributed by atoms with Crippen molar-refractivity contribution in [2.45, 2.75) is 57.5 Å².